The number of rotatable bonds is 3. The second-order valence-electron chi connectivity index (χ2n) is 6.13. The van der Waals surface area contributed by atoms with E-state index in [1.54, 1.807) is 37.3 Å². The number of amides is 1. The molecule has 0 fully saturated rings. The van der Waals surface area contributed by atoms with Crippen LogP contribution in [0.4, 0.5) is 4.39 Å². The Balaban J connectivity index is 2.04. The highest BCUT2D eigenvalue weighted by Crippen LogP contribution is 2.32. The maximum atomic E-state index is 14.5. The number of carbonyl (C=O) groups is 1. The minimum atomic E-state index is -0.483. The molecule has 0 saturated heterocycles. The van der Waals surface area contributed by atoms with E-state index in [2.05, 4.69) is 6.07 Å². The SMILES string of the molecule is Cc1cccc(Cn2c3ccc[c]c3c3c(C(N)=O)cccc32)c1F. The number of halogens is 1. The number of hydrogen-bond acceptors (Lipinski definition) is 1. The maximum absolute atomic E-state index is 14.5. The molecular formula is C21H16FN2O. The Morgan fingerprint density at radius 1 is 1.12 bits per heavy atom. The molecule has 1 heterocycles. The Morgan fingerprint density at radius 3 is 2.68 bits per heavy atom. The highest BCUT2D eigenvalue weighted by molar-refractivity contribution is 6.17. The summed E-state index contributed by atoms with van der Waals surface area (Å²) in [5, 5.41) is 1.58. The van der Waals surface area contributed by atoms with Crippen molar-refractivity contribution in [3.8, 4) is 0 Å². The van der Waals surface area contributed by atoms with Gasteiger partial charge in [-0.1, -0.05) is 36.4 Å². The van der Waals surface area contributed by atoms with E-state index in [9.17, 15) is 9.18 Å². The molecule has 2 N–H and O–H groups in total. The van der Waals surface area contributed by atoms with Crippen LogP contribution in [-0.4, -0.2) is 10.5 Å². The van der Waals surface area contributed by atoms with Crippen molar-refractivity contribution in [1.29, 1.82) is 0 Å². The first-order chi connectivity index (χ1) is 12.1. The Morgan fingerprint density at radius 2 is 1.88 bits per heavy atom. The van der Waals surface area contributed by atoms with Crippen molar-refractivity contribution in [1.82, 2.24) is 4.57 Å². The van der Waals surface area contributed by atoms with Gasteiger partial charge in [-0.05, 0) is 36.8 Å². The molecule has 1 radical (unpaired) electrons. The van der Waals surface area contributed by atoms with Gasteiger partial charge < -0.3 is 10.3 Å². The zero-order chi connectivity index (χ0) is 17.6. The molecule has 1 amide bonds. The first-order valence-corrected chi connectivity index (χ1v) is 8.03. The third-order valence-corrected chi connectivity index (χ3v) is 4.57. The van der Waals surface area contributed by atoms with Crippen LogP contribution in [0.2, 0.25) is 0 Å². The van der Waals surface area contributed by atoms with Gasteiger partial charge in [0.05, 0.1) is 17.6 Å². The fourth-order valence-electron chi connectivity index (χ4n) is 3.39. The summed E-state index contributed by atoms with van der Waals surface area (Å²) >= 11 is 0. The summed E-state index contributed by atoms with van der Waals surface area (Å²) in [6.45, 7) is 2.12. The lowest BCUT2D eigenvalue weighted by Gasteiger charge is -2.10. The Bertz CT molecular complexity index is 1130. The van der Waals surface area contributed by atoms with Crippen molar-refractivity contribution < 1.29 is 9.18 Å². The highest BCUT2D eigenvalue weighted by atomic mass is 19.1. The van der Waals surface area contributed by atoms with E-state index >= 15 is 0 Å². The van der Waals surface area contributed by atoms with Crippen LogP contribution >= 0.6 is 0 Å². The molecule has 1 aromatic heterocycles. The molecular weight excluding hydrogens is 315 g/mol. The number of nitrogens with zero attached hydrogens (tertiary/aromatic N) is 1. The maximum Gasteiger partial charge on any atom is 0.249 e. The summed E-state index contributed by atoms with van der Waals surface area (Å²) in [4.78, 5) is 11.9. The van der Waals surface area contributed by atoms with Crippen LogP contribution in [0.15, 0.2) is 54.6 Å². The third-order valence-electron chi connectivity index (χ3n) is 4.57. The van der Waals surface area contributed by atoms with E-state index in [0.29, 0.717) is 23.2 Å². The van der Waals surface area contributed by atoms with Gasteiger partial charge in [-0.2, -0.15) is 0 Å². The van der Waals surface area contributed by atoms with E-state index < -0.39 is 5.91 Å². The average molecular weight is 331 g/mol. The second-order valence-corrected chi connectivity index (χ2v) is 6.13. The van der Waals surface area contributed by atoms with Gasteiger partial charge >= 0.3 is 0 Å². The molecule has 0 atom stereocenters. The van der Waals surface area contributed by atoms with Crippen molar-refractivity contribution in [2.45, 2.75) is 13.5 Å². The van der Waals surface area contributed by atoms with Gasteiger partial charge in [0.2, 0.25) is 5.91 Å². The molecule has 0 unspecified atom stereocenters. The molecule has 3 nitrogen and oxygen atoms in total. The molecule has 4 rings (SSSR count). The normalized spacial score (nSPS) is 11.3. The van der Waals surface area contributed by atoms with Gasteiger partial charge in [0.15, 0.2) is 0 Å². The molecule has 123 valence electrons. The summed E-state index contributed by atoms with van der Waals surface area (Å²) in [6, 6.07) is 19.6. The minimum absolute atomic E-state index is 0.205. The summed E-state index contributed by atoms with van der Waals surface area (Å²) in [6.07, 6.45) is 0. The number of primary amides is 1. The highest BCUT2D eigenvalue weighted by Gasteiger charge is 2.17. The van der Waals surface area contributed by atoms with Gasteiger partial charge in [0.25, 0.3) is 0 Å². The molecule has 0 aliphatic rings. The fraction of sp³-hybridized carbons (Fsp3) is 0.0952. The lowest BCUT2D eigenvalue weighted by molar-refractivity contribution is 0.100. The van der Waals surface area contributed by atoms with Gasteiger partial charge in [-0.15, -0.1) is 0 Å². The van der Waals surface area contributed by atoms with Crippen molar-refractivity contribution in [3.05, 3.63) is 83.2 Å². The molecule has 0 saturated carbocycles. The van der Waals surface area contributed by atoms with E-state index in [0.717, 1.165) is 21.8 Å². The monoisotopic (exact) mass is 331 g/mol. The molecule has 3 aromatic carbocycles. The third kappa shape index (κ3) is 2.38. The van der Waals surface area contributed by atoms with Crippen LogP contribution in [0, 0.1) is 18.8 Å². The molecule has 25 heavy (non-hydrogen) atoms. The fourth-order valence-corrected chi connectivity index (χ4v) is 3.39. The Hall–Kier alpha value is -3.14. The topological polar surface area (TPSA) is 48.0 Å². The summed E-state index contributed by atoms with van der Waals surface area (Å²) in [5.41, 5.74) is 8.96. The van der Waals surface area contributed by atoms with Gasteiger partial charge in [-0.3, -0.25) is 4.79 Å². The van der Waals surface area contributed by atoms with Crippen LogP contribution in [0.3, 0.4) is 0 Å². The number of aryl methyl sites for hydroxylation is 1. The molecule has 4 heteroatoms. The summed E-state index contributed by atoms with van der Waals surface area (Å²) in [5.74, 6) is -0.688. The lowest BCUT2D eigenvalue weighted by Crippen LogP contribution is -2.11. The number of aromatic nitrogens is 1. The van der Waals surface area contributed by atoms with Gasteiger partial charge in [0.1, 0.15) is 5.82 Å². The van der Waals surface area contributed by atoms with Crippen LogP contribution in [0.25, 0.3) is 21.8 Å². The van der Waals surface area contributed by atoms with Crippen molar-refractivity contribution in [2.75, 3.05) is 0 Å². The number of hydrogen-bond donors (Lipinski definition) is 1. The molecule has 4 aromatic rings. The van der Waals surface area contributed by atoms with Crippen LogP contribution < -0.4 is 5.73 Å². The Kier molecular flexibility index (Phi) is 3.53. The van der Waals surface area contributed by atoms with Crippen LogP contribution in [0.5, 0.6) is 0 Å². The Labute approximate surface area is 144 Å². The first-order valence-electron chi connectivity index (χ1n) is 8.03. The van der Waals surface area contributed by atoms with E-state index in [1.807, 2.05) is 28.8 Å². The van der Waals surface area contributed by atoms with Crippen LogP contribution in [-0.2, 0) is 6.54 Å². The van der Waals surface area contributed by atoms with Crippen molar-refractivity contribution >= 4 is 27.7 Å². The second kappa shape index (κ2) is 5.74. The first kappa shape index (κ1) is 15.4. The smallest absolute Gasteiger partial charge is 0.249 e. The summed E-state index contributed by atoms with van der Waals surface area (Å²) in [7, 11) is 0. The number of carbonyl (C=O) groups excluding carboxylic acids is 1. The van der Waals surface area contributed by atoms with Gasteiger partial charge in [-0.25, -0.2) is 4.39 Å². The minimum Gasteiger partial charge on any atom is -0.366 e. The molecule has 0 aliphatic heterocycles. The number of nitrogens with two attached hydrogens (primary N) is 1. The standard InChI is InChI=1S/C21H16FN2O/c1-13-6-4-7-14(20(13)22)12-24-17-10-3-2-8-15(17)19-16(21(23)25)9-5-11-18(19)24/h2-7,9-11H,12H2,1H3,(H2,23,25). The van der Waals surface area contributed by atoms with Gasteiger partial charge in [0, 0.05) is 21.9 Å². The predicted octanol–water partition coefficient (Wildman–Crippen LogP) is 4.19. The molecule has 0 aliphatic carbocycles. The van der Waals surface area contributed by atoms with Crippen molar-refractivity contribution in [3.63, 3.8) is 0 Å². The zero-order valence-electron chi connectivity index (χ0n) is 13.7. The van der Waals surface area contributed by atoms with E-state index in [-0.39, 0.29) is 5.82 Å². The van der Waals surface area contributed by atoms with Crippen LogP contribution in [0.1, 0.15) is 21.5 Å². The summed E-state index contributed by atoms with van der Waals surface area (Å²) < 4.78 is 16.5. The quantitative estimate of drug-likeness (QED) is 0.601. The zero-order valence-corrected chi connectivity index (χ0v) is 13.7. The average Bonchev–Trinajstić information content (AvgIpc) is 2.93. The molecule has 0 bridgehead atoms. The predicted molar refractivity (Wildman–Crippen MR) is 97.0 cm³/mol. The van der Waals surface area contributed by atoms with Crippen molar-refractivity contribution in [2.24, 2.45) is 5.73 Å². The lowest BCUT2D eigenvalue weighted by atomic mass is 10.1. The van der Waals surface area contributed by atoms with E-state index in [1.165, 1.54) is 0 Å². The number of benzene rings is 3. The number of fused-ring (bicyclic) bond motifs is 3. The van der Waals surface area contributed by atoms with E-state index in [4.69, 9.17) is 5.73 Å². The molecule has 0 spiro atoms. The largest absolute Gasteiger partial charge is 0.366 e.